The smallest absolute Gasteiger partial charge is 0.179 e. The van der Waals surface area contributed by atoms with Crippen LogP contribution in [-0.2, 0) is 0 Å². The fraction of sp³-hybridized carbons (Fsp3) is 0.133. The summed E-state index contributed by atoms with van der Waals surface area (Å²) in [7, 11) is 0. The Kier molecular flexibility index (Phi) is 4.78. The van der Waals surface area contributed by atoms with Gasteiger partial charge in [-0.15, -0.1) is 11.8 Å². The molecule has 0 aromatic heterocycles. The third-order valence-electron chi connectivity index (χ3n) is 2.76. The number of benzene rings is 2. The number of Topliss-reactive ketones (excluding diaryl/α,β-unsaturated/α-hetero) is 1. The van der Waals surface area contributed by atoms with Crippen molar-refractivity contribution >= 4 is 29.1 Å². The largest absolute Gasteiger partial charge is 0.293 e. The van der Waals surface area contributed by atoms with Crippen LogP contribution >= 0.6 is 23.4 Å². The molecule has 0 bridgehead atoms. The maximum Gasteiger partial charge on any atom is 0.179 e. The van der Waals surface area contributed by atoms with Crippen LogP contribution in [0, 0.1) is 18.6 Å². The summed E-state index contributed by atoms with van der Waals surface area (Å²) >= 11 is 7.12. The summed E-state index contributed by atoms with van der Waals surface area (Å²) in [6.07, 6.45) is 0. The molecule has 0 aliphatic rings. The lowest BCUT2D eigenvalue weighted by Crippen LogP contribution is -2.09. The van der Waals surface area contributed by atoms with Crippen LogP contribution in [0.25, 0.3) is 0 Å². The molecule has 0 spiro atoms. The summed E-state index contributed by atoms with van der Waals surface area (Å²) in [5.74, 6) is -2.29. The molecule has 0 aliphatic carbocycles. The van der Waals surface area contributed by atoms with Crippen molar-refractivity contribution < 1.29 is 13.6 Å². The molecule has 0 radical (unpaired) electrons. The van der Waals surface area contributed by atoms with Crippen molar-refractivity contribution in [3.05, 3.63) is 64.2 Å². The highest BCUT2D eigenvalue weighted by molar-refractivity contribution is 8.00. The van der Waals surface area contributed by atoms with Gasteiger partial charge in [0.2, 0.25) is 0 Å². The van der Waals surface area contributed by atoms with Gasteiger partial charge in [0.15, 0.2) is 5.78 Å². The molecule has 2 aromatic carbocycles. The number of rotatable bonds is 4. The predicted molar refractivity (Wildman–Crippen MR) is 77.6 cm³/mol. The summed E-state index contributed by atoms with van der Waals surface area (Å²) in [5.41, 5.74) is -0.234. The minimum absolute atomic E-state index is 0.0684. The van der Waals surface area contributed by atoms with E-state index in [1.807, 2.05) is 0 Å². The number of carbonyl (C=O) groups is 1. The lowest BCUT2D eigenvalue weighted by Gasteiger charge is -2.07. The van der Waals surface area contributed by atoms with E-state index in [4.69, 9.17) is 11.6 Å². The number of carbonyl (C=O) groups excluding carboxylic acids is 1. The number of aryl methyl sites for hydroxylation is 1. The minimum atomic E-state index is -0.835. The highest BCUT2D eigenvalue weighted by atomic mass is 35.5. The zero-order chi connectivity index (χ0) is 14.7. The van der Waals surface area contributed by atoms with Gasteiger partial charge in [-0.2, -0.15) is 0 Å². The molecule has 0 heterocycles. The Morgan fingerprint density at radius 3 is 2.60 bits per heavy atom. The first kappa shape index (κ1) is 15.0. The average molecular weight is 313 g/mol. The van der Waals surface area contributed by atoms with Crippen molar-refractivity contribution in [2.45, 2.75) is 11.8 Å². The Labute approximate surface area is 125 Å². The number of thioether (sulfide) groups is 1. The Balaban J connectivity index is 2.18. The molecule has 0 N–H and O–H groups in total. The molecule has 0 atom stereocenters. The molecule has 5 heteroatoms. The number of hydrogen-bond donors (Lipinski definition) is 0. The van der Waals surface area contributed by atoms with E-state index in [0.717, 1.165) is 17.8 Å². The summed E-state index contributed by atoms with van der Waals surface area (Å²) in [6, 6.07) is 9.42. The number of halogens is 3. The zero-order valence-electron chi connectivity index (χ0n) is 10.6. The number of ketones is 1. The average Bonchev–Trinajstić information content (AvgIpc) is 2.42. The van der Waals surface area contributed by atoms with E-state index < -0.39 is 23.0 Å². The molecular weight excluding hydrogens is 302 g/mol. The number of hydrogen-bond acceptors (Lipinski definition) is 2. The quantitative estimate of drug-likeness (QED) is 0.590. The van der Waals surface area contributed by atoms with Crippen LogP contribution < -0.4 is 0 Å². The van der Waals surface area contributed by atoms with Gasteiger partial charge in [0, 0.05) is 4.90 Å². The van der Waals surface area contributed by atoms with E-state index in [1.165, 1.54) is 13.0 Å². The van der Waals surface area contributed by atoms with Gasteiger partial charge in [0.25, 0.3) is 0 Å². The SMILES string of the molecule is Cc1ccc(F)c(C(=O)CSc2ccccc2Cl)c1F. The second-order valence-electron chi connectivity index (χ2n) is 4.20. The molecule has 104 valence electrons. The summed E-state index contributed by atoms with van der Waals surface area (Å²) in [4.78, 5) is 12.7. The lowest BCUT2D eigenvalue weighted by atomic mass is 10.1. The van der Waals surface area contributed by atoms with E-state index in [0.29, 0.717) is 9.92 Å². The standard InChI is InChI=1S/C15H11ClF2OS/c1-9-6-7-11(17)14(15(9)18)12(19)8-20-13-5-3-2-4-10(13)16/h2-7H,8H2,1H3. The van der Waals surface area contributed by atoms with Crippen molar-refractivity contribution in [1.29, 1.82) is 0 Å². The first-order valence-corrected chi connectivity index (χ1v) is 7.22. The van der Waals surface area contributed by atoms with Gasteiger partial charge in [-0.1, -0.05) is 29.8 Å². The first-order chi connectivity index (χ1) is 9.50. The molecule has 2 rings (SSSR count). The Morgan fingerprint density at radius 2 is 1.90 bits per heavy atom. The highest BCUT2D eigenvalue weighted by Gasteiger charge is 2.19. The molecule has 0 aliphatic heterocycles. The Morgan fingerprint density at radius 1 is 1.20 bits per heavy atom. The fourth-order valence-corrected chi connectivity index (χ4v) is 2.80. The van der Waals surface area contributed by atoms with Crippen LogP contribution in [0.5, 0.6) is 0 Å². The van der Waals surface area contributed by atoms with Gasteiger partial charge in [0.1, 0.15) is 11.6 Å². The zero-order valence-corrected chi connectivity index (χ0v) is 12.2. The second-order valence-corrected chi connectivity index (χ2v) is 5.62. The predicted octanol–water partition coefficient (Wildman–Crippen LogP) is 4.90. The Hall–Kier alpha value is -1.39. The summed E-state index contributed by atoms with van der Waals surface area (Å²) < 4.78 is 27.4. The molecule has 20 heavy (non-hydrogen) atoms. The third kappa shape index (κ3) is 3.19. The molecule has 1 nitrogen and oxygen atoms in total. The molecule has 0 saturated heterocycles. The normalized spacial score (nSPS) is 10.6. The second kappa shape index (κ2) is 6.37. The van der Waals surface area contributed by atoms with Gasteiger partial charge in [-0.05, 0) is 30.7 Å². The molecular formula is C15H11ClF2OS. The molecule has 0 saturated carbocycles. The van der Waals surface area contributed by atoms with Gasteiger partial charge in [-0.25, -0.2) is 8.78 Å². The lowest BCUT2D eigenvalue weighted by molar-refractivity contribution is 0.101. The third-order valence-corrected chi connectivity index (χ3v) is 4.27. The maximum atomic E-state index is 13.8. The molecule has 0 unspecified atom stereocenters. The van der Waals surface area contributed by atoms with Gasteiger partial charge >= 0.3 is 0 Å². The van der Waals surface area contributed by atoms with E-state index in [9.17, 15) is 13.6 Å². The fourth-order valence-electron chi connectivity index (χ4n) is 1.69. The minimum Gasteiger partial charge on any atom is -0.293 e. The van der Waals surface area contributed by atoms with Gasteiger partial charge < -0.3 is 0 Å². The van der Waals surface area contributed by atoms with Gasteiger partial charge in [-0.3, -0.25) is 4.79 Å². The van der Waals surface area contributed by atoms with Crippen LogP contribution in [0.3, 0.4) is 0 Å². The maximum absolute atomic E-state index is 13.8. The topological polar surface area (TPSA) is 17.1 Å². The van der Waals surface area contributed by atoms with E-state index >= 15 is 0 Å². The molecule has 0 fully saturated rings. The van der Waals surface area contributed by atoms with Crippen LogP contribution in [0.4, 0.5) is 8.78 Å². The molecule has 0 amide bonds. The van der Waals surface area contributed by atoms with E-state index in [-0.39, 0.29) is 11.3 Å². The van der Waals surface area contributed by atoms with E-state index in [2.05, 4.69) is 0 Å². The van der Waals surface area contributed by atoms with Crippen molar-refractivity contribution in [2.24, 2.45) is 0 Å². The monoisotopic (exact) mass is 312 g/mol. The summed E-state index contributed by atoms with van der Waals surface area (Å²) in [6.45, 7) is 1.49. The molecule has 2 aromatic rings. The van der Waals surface area contributed by atoms with Crippen molar-refractivity contribution in [2.75, 3.05) is 5.75 Å². The van der Waals surface area contributed by atoms with Crippen molar-refractivity contribution in [1.82, 2.24) is 0 Å². The van der Waals surface area contributed by atoms with Crippen LogP contribution in [-0.4, -0.2) is 11.5 Å². The highest BCUT2D eigenvalue weighted by Crippen LogP contribution is 2.28. The Bertz CT molecular complexity index is 658. The van der Waals surface area contributed by atoms with Gasteiger partial charge in [0.05, 0.1) is 16.3 Å². The van der Waals surface area contributed by atoms with Crippen molar-refractivity contribution in [3.8, 4) is 0 Å². The van der Waals surface area contributed by atoms with E-state index in [1.54, 1.807) is 24.3 Å². The van der Waals surface area contributed by atoms with Crippen molar-refractivity contribution in [3.63, 3.8) is 0 Å². The van der Waals surface area contributed by atoms with Crippen LogP contribution in [0.15, 0.2) is 41.3 Å². The summed E-state index contributed by atoms with van der Waals surface area (Å²) in [5, 5.41) is 0.510. The van der Waals surface area contributed by atoms with Crippen LogP contribution in [0.2, 0.25) is 5.02 Å². The first-order valence-electron chi connectivity index (χ1n) is 5.86. The van der Waals surface area contributed by atoms with Crippen LogP contribution in [0.1, 0.15) is 15.9 Å².